The molecule has 0 bridgehead atoms. The second-order valence-electron chi connectivity index (χ2n) is 4.38. The number of rotatable bonds is 4. The van der Waals surface area contributed by atoms with E-state index in [4.69, 9.17) is 5.73 Å². The lowest BCUT2D eigenvalue weighted by atomic mass is 10.2. The largest absolute Gasteiger partial charge is 0.368 e. The number of nitrogens with one attached hydrogen (secondary N) is 2. The summed E-state index contributed by atoms with van der Waals surface area (Å²) in [4.78, 5) is 34.0. The van der Waals surface area contributed by atoms with Crippen molar-refractivity contribution in [3.05, 3.63) is 28.4 Å². The van der Waals surface area contributed by atoms with E-state index in [2.05, 4.69) is 29.9 Å². The summed E-state index contributed by atoms with van der Waals surface area (Å²) >= 11 is 1.22. The lowest BCUT2D eigenvalue weighted by Crippen LogP contribution is -2.10. The third-order valence-electron chi connectivity index (χ3n) is 2.74. The van der Waals surface area contributed by atoms with Gasteiger partial charge in [0, 0.05) is 11.8 Å². The molecule has 0 saturated heterocycles. The fraction of sp³-hybridized carbons (Fsp3) is 0.250. The number of anilines is 1. The molecule has 0 atom stereocenters. The third-order valence-corrected chi connectivity index (χ3v) is 3.62. The molecule has 8 nitrogen and oxygen atoms in total. The van der Waals surface area contributed by atoms with Crippen LogP contribution in [-0.4, -0.2) is 29.9 Å². The first-order valence-corrected chi connectivity index (χ1v) is 7.22. The Morgan fingerprint density at radius 1 is 1.33 bits per heavy atom. The highest BCUT2D eigenvalue weighted by molar-refractivity contribution is 7.99. The van der Waals surface area contributed by atoms with Crippen LogP contribution in [0.1, 0.15) is 19.0 Å². The lowest BCUT2D eigenvalue weighted by Gasteiger charge is -2.04. The normalized spacial score (nSPS) is 11.1. The Morgan fingerprint density at radius 3 is 3.00 bits per heavy atom. The monoisotopic (exact) mass is 303 g/mol. The second-order valence-corrected chi connectivity index (χ2v) is 5.36. The van der Waals surface area contributed by atoms with E-state index in [1.165, 1.54) is 24.2 Å². The molecule has 0 amide bonds. The summed E-state index contributed by atoms with van der Waals surface area (Å²) < 4.78 is 0. The number of imidazole rings is 1. The molecule has 3 heterocycles. The van der Waals surface area contributed by atoms with Gasteiger partial charge in [0.1, 0.15) is 10.5 Å². The van der Waals surface area contributed by atoms with Crippen molar-refractivity contribution in [3.8, 4) is 0 Å². The molecule has 9 heteroatoms. The van der Waals surface area contributed by atoms with Crippen LogP contribution < -0.4 is 11.3 Å². The molecule has 108 valence electrons. The van der Waals surface area contributed by atoms with Crippen LogP contribution in [-0.2, 0) is 6.42 Å². The van der Waals surface area contributed by atoms with Crippen molar-refractivity contribution in [1.82, 2.24) is 29.9 Å². The maximum Gasteiger partial charge on any atom is 0.251 e. The summed E-state index contributed by atoms with van der Waals surface area (Å²) in [5.74, 6) is 0.129. The van der Waals surface area contributed by atoms with Gasteiger partial charge in [-0.15, -0.1) is 0 Å². The Labute approximate surface area is 123 Å². The summed E-state index contributed by atoms with van der Waals surface area (Å²) in [6, 6.07) is 1.51. The van der Waals surface area contributed by atoms with Crippen molar-refractivity contribution in [2.45, 2.75) is 29.9 Å². The second kappa shape index (κ2) is 5.52. The number of aromatic amines is 2. The van der Waals surface area contributed by atoms with Gasteiger partial charge in [-0.05, 0) is 18.2 Å². The molecule has 3 aromatic heterocycles. The van der Waals surface area contributed by atoms with Crippen molar-refractivity contribution < 1.29 is 0 Å². The molecule has 0 saturated carbocycles. The van der Waals surface area contributed by atoms with Crippen molar-refractivity contribution in [1.29, 1.82) is 0 Å². The van der Waals surface area contributed by atoms with Crippen LogP contribution in [0.3, 0.4) is 0 Å². The average molecular weight is 303 g/mol. The minimum atomic E-state index is -0.182. The third kappa shape index (κ3) is 2.87. The number of H-pyrrole nitrogens is 2. The molecule has 4 N–H and O–H groups in total. The summed E-state index contributed by atoms with van der Waals surface area (Å²) in [5.41, 5.74) is 7.39. The summed E-state index contributed by atoms with van der Waals surface area (Å²) in [7, 11) is 0. The number of hydrogen-bond donors (Lipinski definition) is 3. The van der Waals surface area contributed by atoms with Crippen LogP contribution in [0.4, 0.5) is 5.95 Å². The highest BCUT2D eigenvalue weighted by Gasteiger charge is 2.12. The Balaban J connectivity index is 2.02. The SMILES string of the molecule is CCCc1cc(=O)[nH]c(Sc2nc(N)nc3nc[nH]c23)n1. The Bertz CT molecular complexity index is 841. The fourth-order valence-corrected chi connectivity index (χ4v) is 2.79. The smallest absolute Gasteiger partial charge is 0.251 e. The first kappa shape index (κ1) is 13.6. The lowest BCUT2D eigenvalue weighted by molar-refractivity contribution is 0.815. The maximum atomic E-state index is 11.7. The first-order chi connectivity index (χ1) is 10.2. The standard InChI is InChI=1S/C12H13N7OS/c1-2-3-6-4-7(20)17-12(16-6)21-10-8-9(15-5-14-8)18-11(13)19-10/h4-5H,2-3H2,1H3,(H,16,17,20)(H3,13,14,15,18,19). The van der Waals surface area contributed by atoms with Crippen LogP contribution in [0.25, 0.3) is 11.2 Å². The molecule has 3 rings (SSSR count). The quantitative estimate of drug-likeness (QED) is 0.487. The van der Waals surface area contributed by atoms with Gasteiger partial charge in [0.05, 0.1) is 6.33 Å². The van der Waals surface area contributed by atoms with E-state index in [1.807, 2.05) is 6.92 Å². The zero-order valence-electron chi connectivity index (χ0n) is 11.3. The van der Waals surface area contributed by atoms with Crippen LogP contribution in [0, 0.1) is 0 Å². The predicted molar refractivity (Wildman–Crippen MR) is 79.1 cm³/mol. The minimum absolute atomic E-state index is 0.129. The van der Waals surface area contributed by atoms with Gasteiger partial charge in [-0.1, -0.05) is 13.3 Å². The number of nitrogen functional groups attached to an aromatic ring is 1. The molecule has 0 unspecified atom stereocenters. The van der Waals surface area contributed by atoms with Gasteiger partial charge in [-0.3, -0.25) is 4.79 Å². The van der Waals surface area contributed by atoms with Gasteiger partial charge in [0.2, 0.25) is 5.95 Å². The van der Waals surface area contributed by atoms with Crippen LogP contribution in [0.15, 0.2) is 27.4 Å². The maximum absolute atomic E-state index is 11.7. The van der Waals surface area contributed by atoms with Crippen molar-refractivity contribution in [2.24, 2.45) is 0 Å². The molecule has 21 heavy (non-hydrogen) atoms. The number of nitrogens with two attached hydrogens (primary N) is 1. The number of fused-ring (bicyclic) bond motifs is 1. The van der Waals surface area contributed by atoms with Gasteiger partial charge in [0.25, 0.3) is 5.56 Å². The highest BCUT2D eigenvalue weighted by atomic mass is 32.2. The van der Waals surface area contributed by atoms with Crippen molar-refractivity contribution in [2.75, 3.05) is 5.73 Å². The van der Waals surface area contributed by atoms with E-state index in [1.54, 1.807) is 0 Å². The van der Waals surface area contributed by atoms with Crippen LogP contribution >= 0.6 is 11.8 Å². The highest BCUT2D eigenvalue weighted by Crippen LogP contribution is 2.27. The van der Waals surface area contributed by atoms with E-state index in [0.29, 0.717) is 21.3 Å². The molecule has 0 spiro atoms. The summed E-state index contributed by atoms with van der Waals surface area (Å²) in [6.45, 7) is 2.04. The number of aromatic nitrogens is 6. The molecule has 0 fully saturated rings. The Hall–Kier alpha value is -2.42. The van der Waals surface area contributed by atoms with Gasteiger partial charge in [0.15, 0.2) is 10.8 Å². The number of aryl methyl sites for hydroxylation is 1. The molecule has 0 radical (unpaired) electrons. The summed E-state index contributed by atoms with van der Waals surface area (Å²) in [6.07, 6.45) is 3.20. The predicted octanol–water partition coefficient (Wildman–Crippen LogP) is 1.12. The van der Waals surface area contributed by atoms with Crippen molar-refractivity contribution in [3.63, 3.8) is 0 Å². The molecular formula is C12H13N7OS. The van der Waals surface area contributed by atoms with Gasteiger partial charge >= 0.3 is 0 Å². The molecule has 3 aromatic rings. The molecule has 0 aliphatic heterocycles. The Morgan fingerprint density at radius 2 is 2.19 bits per heavy atom. The van der Waals surface area contributed by atoms with E-state index >= 15 is 0 Å². The number of nitrogens with zero attached hydrogens (tertiary/aromatic N) is 4. The van der Waals surface area contributed by atoms with Gasteiger partial charge in [-0.2, -0.15) is 4.98 Å². The zero-order chi connectivity index (χ0) is 14.8. The average Bonchev–Trinajstić information content (AvgIpc) is 2.86. The van der Waals surface area contributed by atoms with Gasteiger partial charge < -0.3 is 15.7 Å². The zero-order valence-corrected chi connectivity index (χ0v) is 12.1. The van der Waals surface area contributed by atoms with Crippen molar-refractivity contribution >= 4 is 28.9 Å². The fourth-order valence-electron chi connectivity index (χ4n) is 1.90. The Kier molecular flexibility index (Phi) is 3.57. The summed E-state index contributed by atoms with van der Waals surface area (Å²) in [5, 5.41) is 1.05. The molecular weight excluding hydrogens is 290 g/mol. The molecule has 0 aromatic carbocycles. The minimum Gasteiger partial charge on any atom is -0.368 e. The van der Waals surface area contributed by atoms with E-state index in [9.17, 15) is 4.79 Å². The molecule has 0 aliphatic carbocycles. The van der Waals surface area contributed by atoms with Gasteiger partial charge in [-0.25, -0.2) is 15.0 Å². The van der Waals surface area contributed by atoms with E-state index in [0.717, 1.165) is 18.5 Å². The van der Waals surface area contributed by atoms with Crippen LogP contribution in [0.5, 0.6) is 0 Å². The first-order valence-electron chi connectivity index (χ1n) is 6.40. The molecule has 0 aliphatic rings. The topological polar surface area (TPSA) is 126 Å². The van der Waals surface area contributed by atoms with Crippen LogP contribution in [0.2, 0.25) is 0 Å². The van der Waals surface area contributed by atoms with E-state index < -0.39 is 0 Å². The number of hydrogen-bond acceptors (Lipinski definition) is 7. The van der Waals surface area contributed by atoms with E-state index in [-0.39, 0.29) is 11.5 Å².